The average Bonchev–Trinajstić information content (AvgIpc) is 3.25. The number of sulfonamides is 1. The van der Waals surface area contributed by atoms with Gasteiger partial charge in [-0.3, -0.25) is 0 Å². The van der Waals surface area contributed by atoms with E-state index in [1.807, 2.05) is 6.07 Å². The van der Waals surface area contributed by atoms with E-state index in [1.165, 1.54) is 0 Å². The van der Waals surface area contributed by atoms with Crippen LogP contribution in [-0.4, -0.2) is 40.6 Å². The molecule has 7 heteroatoms. The lowest BCUT2D eigenvalue weighted by atomic mass is 10.1. The Morgan fingerprint density at radius 1 is 0.957 bits per heavy atom. The third kappa shape index (κ3) is 2.57. The van der Waals surface area contributed by atoms with Crippen molar-refractivity contribution in [2.75, 3.05) is 13.1 Å². The van der Waals surface area contributed by atoms with Gasteiger partial charge in [0, 0.05) is 31.6 Å². The zero-order valence-electron chi connectivity index (χ0n) is 13.0. The predicted octanol–water partition coefficient (Wildman–Crippen LogP) is 2.07. The van der Waals surface area contributed by atoms with Gasteiger partial charge in [0.2, 0.25) is 10.0 Å². The van der Waals surface area contributed by atoms with Crippen LogP contribution in [0.3, 0.4) is 0 Å². The quantitative estimate of drug-likeness (QED) is 0.863. The zero-order chi connectivity index (χ0) is 15.9. The first-order chi connectivity index (χ1) is 11.2. The van der Waals surface area contributed by atoms with E-state index < -0.39 is 10.0 Å². The Morgan fingerprint density at radius 3 is 2.57 bits per heavy atom. The summed E-state index contributed by atoms with van der Waals surface area (Å²) in [5.74, 6) is 1.78. The molecule has 2 aromatic rings. The Hall–Kier alpha value is -1.73. The Morgan fingerprint density at radius 2 is 1.74 bits per heavy atom. The molecule has 0 bridgehead atoms. The summed E-state index contributed by atoms with van der Waals surface area (Å²) in [6, 6.07) is 7.11. The first-order valence-corrected chi connectivity index (χ1v) is 9.63. The highest BCUT2D eigenvalue weighted by atomic mass is 32.2. The van der Waals surface area contributed by atoms with Gasteiger partial charge < -0.3 is 4.57 Å². The van der Waals surface area contributed by atoms with E-state index in [-0.39, 0.29) is 0 Å². The van der Waals surface area contributed by atoms with Crippen LogP contribution in [0, 0.1) is 0 Å². The van der Waals surface area contributed by atoms with Crippen LogP contribution in [0.5, 0.6) is 0 Å². The van der Waals surface area contributed by atoms with E-state index in [2.05, 4.69) is 14.8 Å². The van der Waals surface area contributed by atoms with Crippen LogP contribution in [0.25, 0.3) is 11.4 Å². The van der Waals surface area contributed by atoms with E-state index >= 15 is 0 Å². The van der Waals surface area contributed by atoms with Crippen LogP contribution >= 0.6 is 0 Å². The Balaban J connectivity index is 1.73. The van der Waals surface area contributed by atoms with Crippen molar-refractivity contribution in [1.82, 2.24) is 19.1 Å². The maximum Gasteiger partial charge on any atom is 0.243 e. The van der Waals surface area contributed by atoms with E-state index in [0.717, 1.165) is 55.9 Å². The van der Waals surface area contributed by atoms with Crippen LogP contribution in [0.15, 0.2) is 29.2 Å². The third-order valence-corrected chi connectivity index (χ3v) is 6.55. The number of aryl methyl sites for hydroxylation is 1. The number of aromatic nitrogens is 3. The molecule has 6 nitrogen and oxygen atoms in total. The van der Waals surface area contributed by atoms with Gasteiger partial charge in [-0.05, 0) is 37.8 Å². The number of nitrogens with zero attached hydrogens (tertiary/aromatic N) is 4. The van der Waals surface area contributed by atoms with Gasteiger partial charge in [0.05, 0.1) is 4.90 Å². The second kappa shape index (κ2) is 5.72. The molecule has 0 unspecified atom stereocenters. The first-order valence-electron chi connectivity index (χ1n) is 8.19. The molecule has 1 aromatic heterocycles. The smallest absolute Gasteiger partial charge is 0.243 e. The van der Waals surface area contributed by atoms with Crippen LogP contribution in [0.4, 0.5) is 0 Å². The highest BCUT2D eigenvalue weighted by Gasteiger charge is 2.27. The third-order valence-electron chi connectivity index (χ3n) is 4.65. The maximum atomic E-state index is 12.7. The molecule has 0 radical (unpaired) electrons. The lowest BCUT2D eigenvalue weighted by Crippen LogP contribution is -2.27. The molecular weight excluding hydrogens is 312 g/mol. The molecule has 0 N–H and O–H groups in total. The average molecular weight is 332 g/mol. The molecule has 0 amide bonds. The molecule has 122 valence electrons. The highest BCUT2D eigenvalue weighted by molar-refractivity contribution is 7.89. The predicted molar refractivity (Wildman–Crippen MR) is 86.4 cm³/mol. The highest BCUT2D eigenvalue weighted by Crippen LogP contribution is 2.27. The molecule has 3 heterocycles. The van der Waals surface area contributed by atoms with E-state index in [9.17, 15) is 8.42 Å². The Bertz CT molecular complexity index is 822. The fraction of sp³-hybridized carbons (Fsp3) is 0.500. The fourth-order valence-electron chi connectivity index (χ4n) is 3.39. The fourth-order valence-corrected chi connectivity index (χ4v) is 4.96. The topological polar surface area (TPSA) is 68.1 Å². The Labute approximate surface area is 136 Å². The molecule has 0 aliphatic carbocycles. The van der Waals surface area contributed by atoms with Crippen LogP contribution in [-0.2, 0) is 23.0 Å². The normalized spacial score (nSPS) is 19.0. The minimum absolute atomic E-state index is 0.352. The summed E-state index contributed by atoms with van der Waals surface area (Å²) in [7, 11) is -3.40. The lowest BCUT2D eigenvalue weighted by molar-refractivity contribution is 0.477. The van der Waals surface area contributed by atoms with Crippen molar-refractivity contribution in [2.45, 2.75) is 43.5 Å². The summed E-state index contributed by atoms with van der Waals surface area (Å²) in [6.07, 6.45) is 5.08. The van der Waals surface area contributed by atoms with Gasteiger partial charge in [-0.2, -0.15) is 4.31 Å². The molecule has 0 saturated carbocycles. The van der Waals surface area contributed by atoms with Crippen molar-refractivity contribution < 1.29 is 8.42 Å². The van der Waals surface area contributed by atoms with E-state index in [0.29, 0.717) is 18.0 Å². The summed E-state index contributed by atoms with van der Waals surface area (Å²) < 4.78 is 29.1. The van der Waals surface area contributed by atoms with Gasteiger partial charge in [-0.1, -0.05) is 12.1 Å². The number of hydrogen-bond donors (Lipinski definition) is 0. The standard InChI is InChI=1S/C16H20N4O2S/c21-23(22,19-9-3-4-10-19)14-7-5-6-13(12-14)16-18-17-15-8-1-2-11-20(15)16/h5-7,12H,1-4,8-11H2. The van der Waals surface area contributed by atoms with Gasteiger partial charge in [-0.15, -0.1) is 10.2 Å². The summed E-state index contributed by atoms with van der Waals surface area (Å²) in [4.78, 5) is 0.352. The minimum Gasteiger partial charge on any atom is -0.311 e. The van der Waals surface area contributed by atoms with Gasteiger partial charge in [0.1, 0.15) is 5.82 Å². The number of fused-ring (bicyclic) bond motifs is 1. The molecule has 4 rings (SSSR count). The van der Waals surface area contributed by atoms with Crippen molar-refractivity contribution in [3.05, 3.63) is 30.1 Å². The minimum atomic E-state index is -3.40. The molecule has 2 aliphatic rings. The molecule has 23 heavy (non-hydrogen) atoms. The molecular formula is C16H20N4O2S. The van der Waals surface area contributed by atoms with Crippen molar-refractivity contribution >= 4 is 10.0 Å². The second-order valence-electron chi connectivity index (χ2n) is 6.19. The van der Waals surface area contributed by atoms with Crippen molar-refractivity contribution in [3.8, 4) is 11.4 Å². The van der Waals surface area contributed by atoms with Crippen LogP contribution in [0.2, 0.25) is 0 Å². The molecule has 1 saturated heterocycles. The van der Waals surface area contributed by atoms with E-state index in [1.54, 1.807) is 22.5 Å². The number of benzene rings is 1. The monoisotopic (exact) mass is 332 g/mol. The van der Waals surface area contributed by atoms with Crippen LogP contribution in [0.1, 0.15) is 31.5 Å². The molecule has 0 atom stereocenters. The van der Waals surface area contributed by atoms with Gasteiger partial charge in [0.15, 0.2) is 5.82 Å². The maximum absolute atomic E-state index is 12.7. The van der Waals surface area contributed by atoms with Gasteiger partial charge >= 0.3 is 0 Å². The molecule has 0 spiro atoms. The summed E-state index contributed by atoms with van der Waals surface area (Å²) >= 11 is 0. The SMILES string of the molecule is O=S(=O)(c1cccc(-c2nnc3n2CCCC3)c1)N1CCCC1. The van der Waals surface area contributed by atoms with Crippen LogP contribution < -0.4 is 0 Å². The molecule has 2 aliphatic heterocycles. The lowest BCUT2D eigenvalue weighted by Gasteiger charge is -2.17. The Kier molecular flexibility index (Phi) is 3.69. The summed E-state index contributed by atoms with van der Waals surface area (Å²) in [6.45, 7) is 2.14. The van der Waals surface area contributed by atoms with Crippen molar-refractivity contribution in [3.63, 3.8) is 0 Å². The first kappa shape index (κ1) is 14.8. The number of hydrogen-bond acceptors (Lipinski definition) is 4. The van der Waals surface area contributed by atoms with E-state index in [4.69, 9.17) is 0 Å². The molecule has 1 aromatic carbocycles. The summed E-state index contributed by atoms with van der Waals surface area (Å²) in [5.41, 5.74) is 0.825. The number of rotatable bonds is 3. The zero-order valence-corrected chi connectivity index (χ0v) is 13.8. The van der Waals surface area contributed by atoms with Gasteiger partial charge in [-0.25, -0.2) is 8.42 Å². The molecule has 1 fully saturated rings. The second-order valence-corrected chi connectivity index (χ2v) is 8.13. The summed E-state index contributed by atoms with van der Waals surface area (Å²) in [5, 5.41) is 8.55. The van der Waals surface area contributed by atoms with Crippen molar-refractivity contribution in [1.29, 1.82) is 0 Å². The van der Waals surface area contributed by atoms with Crippen molar-refractivity contribution in [2.24, 2.45) is 0 Å². The largest absolute Gasteiger partial charge is 0.311 e. The van der Waals surface area contributed by atoms with Gasteiger partial charge in [0.25, 0.3) is 0 Å².